The van der Waals surface area contributed by atoms with E-state index in [9.17, 15) is 0 Å². The summed E-state index contributed by atoms with van der Waals surface area (Å²) in [6, 6.07) is 25.6. The summed E-state index contributed by atoms with van der Waals surface area (Å²) < 4.78 is 34.0. The summed E-state index contributed by atoms with van der Waals surface area (Å²) in [5, 5.41) is 2.31. The lowest BCUT2D eigenvalue weighted by Gasteiger charge is -2.31. The molecule has 0 N–H and O–H groups in total. The molecular formula is C40H44N4O. The van der Waals surface area contributed by atoms with Crippen molar-refractivity contribution in [1.82, 2.24) is 14.5 Å². The van der Waals surface area contributed by atoms with E-state index in [0.29, 0.717) is 12.6 Å². The van der Waals surface area contributed by atoms with Crippen molar-refractivity contribution in [2.24, 2.45) is 11.8 Å². The van der Waals surface area contributed by atoms with E-state index >= 15 is 0 Å². The standard InChI is InChI=1S/C40H44N4O/c1-39(2,3)27-16-17-41-36(21-27)44-34-11-9-8-10-32(34)33-15-14-30(23-35(33)44)45-31-20-28(40(4,5)6)19-29(22-31)43-24-42(7)37-25-12-13-26(18-25)38(37)43/h8-17,19-23,25-26,37-38H,18,24H2,1-7H3/t25?,26-,37?,38+/m1/s1/i7D3. The number of para-hydroxylation sites is 1. The van der Waals surface area contributed by atoms with Crippen LogP contribution in [0.15, 0.2) is 91.1 Å². The second kappa shape index (κ2) is 9.95. The van der Waals surface area contributed by atoms with Gasteiger partial charge in [-0.05, 0) is 89.7 Å². The highest BCUT2D eigenvalue weighted by atomic mass is 16.5. The average molecular weight is 600 g/mol. The van der Waals surface area contributed by atoms with Gasteiger partial charge in [0.25, 0.3) is 0 Å². The first-order valence-electron chi connectivity index (χ1n) is 17.7. The molecule has 2 bridgehead atoms. The molecular weight excluding hydrogens is 552 g/mol. The fraction of sp³-hybridized carbons (Fsp3) is 0.375. The van der Waals surface area contributed by atoms with Crippen molar-refractivity contribution >= 4 is 27.5 Å². The van der Waals surface area contributed by atoms with Crippen molar-refractivity contribution in [2.75, 3.05) is 18.5 Å². The van der Waals surface area contributed by atoms with Crippen LogP contribution in [0, 0.1) is 11.8 Å². The molecule has 5 aromatic rings. The van der Waals surface area contributed by atoms with E-state index < -0.39 is 6.98 Å². The molecule has 230 valence electrons. The number of pyridine rings is 1. The number of hydrogen-bond donors (Lipinski definition) is 0. The van der Waals surface area contributed by atoms with Gasteiger partial charge in [-0.25, -0.2) is 4.98 Å². The molecule has 1 aliphatic heterocycles. The quantitative estimate of drug-likeness (QED) is 0.193. The summed E-state index contributed by atoms with van der Waals surface area (Å²) in [4.78, 5) is 8.90. The Labute approximate surface area is 271 Å². The molecule has 0 amide bonds. The predicted octanol–water partition coefficient (Wildman–Crippen LogP) is 9.22. The van der Waals surface area contributed by atoms with Gasteiger partial charge in [-0.1, -0.05) is 71.9 Å². The van der Waals surface area contributed by atoms with E-state index in [1.54, 1.807) is 4.90 Å². The van der Waals surface area contributed by atoms with Gasteiger partial charge in [-0.15, -0.1) is 0 Å². The maximum absolute atomic E-state index is 8.35. The smallest absolute Gasteiger partial charge is 0.137 e. The van der Waals surface area contributed by atoms with Crippen LogP contribution >= 0.6 is 0 Å². The second-order valence-electron chi connectivity index (χ2n) is 15.3. The Balaban J connectivity index is 1.22. The Bertz CT molecular complexity index is 2080. The molecule has 45 heavy (non-hydrogen) atoms. The molecule has 2 aromatic heterocycles. The third kappa shape index (κ3) is 4.66. The lowest BCUT2D eigenvalue weighted by atomic mass is 9.86. The van der Waals surface area contributed by atoms with Gasteiger partial charge in [0.2, 0.25) is 0 Å². The fourth-order valence-corrected chi connectivity index (χ4v) is 7.85. The van der Waals surface area contributed by atoms with E-state index in [2.05, 4.69) is 130 Å². The van der Waals surface area contributed by atoms with E-state index in [4.69, 9.17) is 13.8 Å². The lowest BCUT2D eigenvalue weighted by molar-refractivity contribution is 0.272. The van der Waals surface area contributed by atoms with E-state index in [0.717, 1.165) is 51.4 Å². The summed E-state index contributed by atoms with van der Waals surface area (Å²) in [5.74, 6) is 3.00. The monoisotopic (exact) mass is 599 g/mol. The highest BCUT2D eigenvalue weighted by molar-refractivity contribution is 6.09. The first kappa shape index (κ1) is 25.1. The molecule has 3 heterocycles. The molecule has 1 saturated carbocycles. The first-order valence-corrected chi connectivity index (χ1v) is 16.2. The van der Waals surface area contributed by atoms with Gasteiger partial charge < -0.3 is 9.64 Å². The largest absolute Gasteiger partial charge is 0.457 e. The number of nitrogens with zero attached hydrogens (tertiary/aromatic N) is 4. The minimum Gasteiger partial charge on any atom is -0.457 e. The van der Waals surface area contributed by atoms with E-state index in [1.807, 2.05) is 12.3 Å². The Morgan fingerprint density at radius 3 is 2.29 bits per heavy atom. The Morgan fingerprint density at radius 2 is 1.51 bits per heavy atom. The zero-order chi connectivity index (χ0) is 33.7. The van der Waals surface area contributed by atoms with Gasteiger partial charge in [0.1, 0.15) is 17.3 Å². The Kier molecular flexibility index (Phi) is 5.56. The van der Waals surface area contributed by atoms with Crippen LogP contribution in [0.1, 0.15) is 63.2 Å². The van der Waals surface area contributed by atoms with Crippen molar-refractivity contribution in [1.29, 1.82) is 0 Å². The number of likely N-dealkylation sites (N-methyl/N-ethyl adjacent to an activating group) is 1. The fourth-order valence-electron chi connectivity index (χ4n) is 7.85. The average Bonchev–Trinajstić information content (AvgIpc) is 3.80. The molecule has 5 heteroatoms. The normalized spacial score (nSPS) is 24.3. The number of hydrogen-bond acceptors (Lipinski definition) is 4. The van der Waals surface area contributed by atoms with Crippen LogP contribution in [-0.4, -0.2) is 40.2 Å². The van der Waals surface area contributed by atoms with Crippen LogP contribution in [0.5, 0.6) is 11.5 Å². The van der Waals surface area contributed by atoms with Gasteiger partial charge in [-0.3, -0.25) is 9.47 Å². The van der Waals surface area contributed by atoms with Gasteiger partial charge >= 0.3 is 0 Å². The second-order valence-corrected chi connectivity index (χ2v) is 15.3. The van der Waals surface area contributed by atoms with Crippen molar-refractivity contribution in [3.8, 4) is 17.3 Å². The number of rotatable bonds is 4. The van der Waals surface area contributed by atoms with Crippen LogP contribution in [0.4, 0.5) is 5.69 Å². The topological polar surface area (TPSA) is 33.5 Å². The summed E-state index contributed by atoms with van der Waals surface area (Å²) >= 11 is 0. The maximum Gasteiger partial charge on any atom is 0.137 e. The number of benzene rings is 3. The van der Waals surface area contributed by atoms with E-state index in [1.165, 1.54) is 10.9 Å². The molecule has 0 spiro atoms. The predicted molar refractivity (Wildman–Crippen MR) is 186 cm³/mol. The Hall–Kier alpha value is -4.09. The molecule has 2 fully saturated rings. The van der Waals surface area contributed by atoms with Gasteiger partial charge in [0.15, 0.2) is 0 Å². The number of ether oxygens (including phenoxy) is 1. The molecule has 2 unspecified atom stereocenters. The lowest BCUT2D eigenvalue weighted by Crippen LogP contribution is -2.39. The molecule has 4 atom stereocenters. The molecule has 8 rings (SSSR count). The van der Waals surface area contributed by atoms with Gasteiger partial charge in [0.05, 0.1) is 23.7 Å². The molecule has 0 radical (unpaired) electrons. The van der Waals surface area contributed by atoms with Crippen LogP contribution in [0.25, 0.3) is 27.6 Å². The molecule has 1 saturated heterocycles. The van der Waals surface area contributed by atoms with E-state index in [-0.39, 0.29) is 28.8 Å². The number of fused-ring (bicyclic) bond motifs is 8. The minimum absolute atomic E-state index is 0.00921. The zero-order valence-corrected chi connectivity index (χ0v) is 27.1. The van der Waals surface area contributed by atoms with Crippen LogP contribution in [0.3, 0.4) is 0 Å². The van der Waals surface area contributed by atoms with Gasteiger partial charge in [-0.2, -0.15) is 0 Å². The molecule has 3 aliphatic rings. The maximum atomic E-state index is 8.35. The van der Waals surface area contributed by atoms with Crippen molar-refractivity contribution in [2.45, 2.75) is 70.9 Å². The van der Waals surface area contributed by atoms with Crippen LogP contribution < -0.4 is 9.64 Å². The summed E-state index contributed by atoms with van der Waals surface area (Å²) in [6.45, 7) is 11.5. The van der Waals surface area contributed by atoms with Crippen LogP contribution in [-0.2, 0) is 10.8 Å². The third-order valence-corrected chi connectivity index (χ3v) is 10.2. The SMILES string of the molecule is [2H]C([2H])([2H])N1CN(c2cc(Oc3ccc4c5ccccc5n(-c5cc(C(C)(C)C)ccn5)c4c3)cc(C(C)(C)C)c2)[C@@H]2C1C1C=C[C@@H]2C1. The summed E-state index contributed by atoms with van der Waals surface area (Å²) in [7, 11) is 0. The summed E-state index contributed by atoms with van der Waals surface area (Å²) in [6.07, 6.45) is 7.45. The first-order chi connectivity index (χ1) is 22.7. The highest BCUT2D eigenvalue weighted by Crippen LogP contribution is 2.49. The Morgan fingerprint density at radius 1 is 0.756 bits per heavy atom. The van der Waals surface area contributed by atoms with Crippen molar-refractivity contribution in [3.63, 3.8) is 0 Å². The minimum atomic E-state index is -2.15. The number of anilines is 1. The van der Waals surface area contributed by atoms with Crippen LogP contribution in [0.2, 0.25) is 0 Å². The van der Waals surface area contributed by atoms with Gasteiger partial charge in [0, 0.05) is 44.9 Å². The molecule has 5 nitrogen and oxygen atoms in total. The highest BCUT2D eigenvalue weighted by Gasteiger charge is 2.53. The molecule has 3 aromatic carbocycles. The third-order valence-electron chi connectivity index (χ3n) is 10.2. The molecule has 2 aliphatic carbocycles. The zero-order valence-electron chi connectivity index (χ0n) is 30.1. The number of aromatic nitrogens is 2. The van der Waals surface area contributed by atoms with Crippen molar-refractivity contribution < 1.29 is 8.85 Å². The summed E-state index contributed by atoms with van der Waals surface area (Å²) in [5.41, 5.74) is 5.38. The van der Waals surface area contributed by atoms with Crippen molar-refractivity contribution in [3.05, 3.63) is 102 Å².